The van der Waals surface area contributed by atoms with Crippen LogP contribution in [-0.4, -0.2) is 23.2 Å². The average Bonchev–Trinajstić information content (AvgIpc) is 3.13. The molecule has 2 heterocycles. The summed E-state index contributed by atoms with van der Waals surface area (Å²) in [5, 5.41) is 5.82. The van der Waals surface area contributed by atoms with Gasteiger partial charge in [-0.2, -0.15) is 0 Å². The highest BCUT2D eigenvalue weighted by Gasteiger charge is 2.28. The molecule has 8 nitrogen and oxygen atoms in total. The van der Waals surface area contributed by atoms with Crippen LogP contribution in [0.15, 0.2) is 68.8 Å². The maximum absolute atomic E-state index is 13.1. The fraction of sp³-hybridized carbons (Fsp3) is 0.174. The Morgan fingerprint density at radius 3 is 2.55 bits per heavy atom. The van der Waals surface area contributed by atoms with Gasteiger partial charge in [-0.3, -0.25) is 19.5 Å². The van der Waals surface area contributed by atoms with Crippen molar-refractivity contribution in [1.82, 2.24) is 10.2 Å². The van der Waals surface area contributed by atoms with Gasteiger partial charge in [-0.25, -0.2) is 0 Å². The number of amides is 1. The molecule has 0 aliphatic carbocycles. The van der Waals surface area contributed by atoms with Gasteiger partial charge < -0.3 is 20.0 Å². The van der Waals surface area contributed by atoms with Gasteiger partial charge in [0.2, 0.25) is 5.91 Å². The molecule has 0 spiro atoms. The molecular weight excluding hydrogens is 398 g/mol. The zero-order chi connectivity index (χ0) is 22.0. The topological polar surface area (TPSA) is 131 Å². The van der Waals surface area contributed by atoms with Crippen LogP contribution in [0.2, 0.25) is 0 Å². The molecule has 158 valence electrons. The Kier molecular flexibility index (Phi) is 5.44. The number of nitrogens with one attached hydrogen (secondary N) is 2. The number of methoxy groups -OCH3 is 1. The van der Waals surface area contributed by atoms with Crippen LogP contribution >= 0.6 is 0 Å². The quantitative estimate of drug-likeness (QED) is 0.423. The maximum atomic E-state index is 13.1. The Bertz CT molecular complexity index is 1350. The number of rotatable bonds is 7. The number of aromatic nitrogens is 2. The monoisotopic (exact) mass is 419 g/mol. The van der Waals surface area contributed by atoms with E-state index in [2.05, 4.69) is 10.2 Å². The van der Waals surface area contributed by atoms with Crippen molar-refractivity contribution in [2.75, 3.05) is 7.11 Å². The van der Waals surface area contributed by atoms with Crippen LogP contribution in [0.5, 0.6) is 5.75 Å². The Morgan fingerprint density at radius 2 is 1.84 bits per heavy atom. The van der Waals surface area contributed by atoms with E-state index in [-0.39, 0.29) is 23.0 Å². The van der Waals surface area contributed by atoms with Gasteiger partial charge in [-0.15, -0.1) is 0 Å². The molecule has 0 radical (unpaired) electrons. The molecule has 0 saturated heterocycles. The van der Waals surface area contributed by atoms with Gasteiger partial charge in [-0.05, 0) is 29.8 Å². The molecule has 0 bridgehead atoms. The van der Waals surface area contributed by atoms with Crippen molar-refractivity contribution >= 4 is 16.9 Å². The van der Waals surface area contributed by atoms with Crippen LogP contribution in [0, 0.1) is 0 Å². The van der Waals surface area contributed by atoms with Crippen molar-refractivity contribution in [3.63, 3.8) is 0 Å². The molecule has 2 aromatic heterocycles. The van der Waals surface area contributed by atoms with Crippen LogP contribution in [0.25, 0.3) is 11.0 Å². The number of benzene rings is 2. The lowest BCUT2D eigenvalue weighted by molar-refractivity contribution is -0.118. The smallest absolute Gasteiger partial charge is 0.267 e. The first-order valence-corrected chi connectivity index (χ1v) is 9.69. The molecule has 1 atom stereocenters. The summed E-state index contributed by atoms with van der Waals surface area (Å²) >= 11 is 0. The molecule has 31 heavy (non-hydrogen) atoms. The van der Waals surface area contributed by atoms with Gasteiger partial charge in [0.1, 0.15) is 11.3 Å². The molecule has 1 amide bonds. The third-order valence-corrected chi connectivity index (χ3v) is 5.27. The second kappa shape index (κ2) is 8.35. The minimum Gasteiger partial charge on any atom is -0.497 e. The van der Waals surface area contributed by atoms with Crippen molar-refractivity contribution in [2.45, 2.75) is 18.8 Å². The lowest BCUT2D eigenvalue weighted by atomic mass is 9.87. The van der Waals surface area contributed by atoms with Gasteiger partial charge in [0, 0.05) is 35.6 Å². The Hall–Kier alpha value is -4.07. The van der Waals surface area contributed by atoms with Crippen LogP contribution in [0.1, 0.15) is 34.7 Å². The van der Waals surface area contributed by atoms with Crippen molar-refractivity contribution in [1.29, 1.82) is 0 Å². The Labute approximate surface area is 176 Å². The molecule has 0 fully saturated rings. The van der Waals surface area contributed by atoms with E-state index in [1.54, 1.807) is 31.4 Å². The van der Waals surface area contributed by atoms with Crippen molar-refractivity contribution in [3.05, 3.63) is 97.8 Å². The first-order chi connectivity index (χ1) is 15.0. The summed E-state index contributed by atoms with van der Waals surface area (Å²) in [5.41, 5.74) is 7.16. The highest BCUT2D eigenvalue weighted by molar-refractivity contribution is 5.78. The molecule has 0 aliphatic heterocycles. The van der Waals surface area contributed by atoms with Crippen LogP contribution in [-0.2, 0) is 11.2 Å². The molecule has 0 unspecified atom stereocenters. The minimum atomic E-state index is -0.846. The number of primary amides is 1. The predicted octanol–water partition coefficient (Wildman–Crippen LogP) is 2.42. The van der Waals surface area contributed by atoms with Gasteiger partial charge in [0.25, 0.3) is 5.56 Å². The van der Waals surface area contributed by atoms with Gasteiger partial charge >= 0.3 is 0 Å². The fourth-order valence-corrected chi connectivity index (χ4v) is 3.76. The van der Waals surface area contributed by atoms with E-state index in [1.165, 1.54) is 6.26 Å². The van der Waals surface area contributed by atoms with E-state index < -0.39 is 17.4 Å². The first-order valence-electron chi connectivity index (χ1n) is 9.69. The molecule has 0 saturated carbocycles. The number of hydrogen-bond donors (Lipinski definition) is 3. The molecular formula is C23H21N3O5. The second-order valence-electron chi connectivity index (χ2n) is 7.24. The summed E-state index contributed by atoms with van der Waals surface area (Å²) in [6.45, 7) is 0. The fourth-order valence-electron chi connectivity index (χ4n) is 3.76. The molecule has 4 rings (SSSR count). The maximum Gasteiger partial charge on any atom is 0.267 e. The van der Waals surface area contributed by atoms with Crippen LogP contribution in [0.3, 0.4) is 0 Å². The summed E-state index contributed by atoms with van der Waals surface area (Å²) < 4.78 is 10.8. The van der Waals surface area contributed by atoms with Gasteiger partial charge in [0.05, 0.1) is 18.8 Å². The minimum absolute atomic E-state index is 0.207. The van der Waals surface area contributed by atoms with Crippen molar-refractivity contribution < 1.29 is 13.9 Å². The third kappa shape index (κ3) is 4.00. The highest BCUT2D eigenvalue weighted by Crippen LogP contribution is 2.28. The molecule has 4 aromatic rings. The predicted molar refractivity (Wildman–Crippen MR) is 115 cm³/mol. The average molecular weight is 419 g/mol. The van der Waals surface area contributed by atoms with E-state index in [0.29, 0.717) is 28.8 Å². The van der Waals surface area contributed by atoms with E-state index in [0.717, 1.165) is 5.56 Å². The van der Waals surface area contributed by atoms with E-state index >= 15 is 0 Å². The Balaban J connectivity index is 1.82. The highest BCUT2D eigenvalue weighted by atomic mass is 16.5. The lowest BCUT2D eigenvalue weighted by Crippen LogP contribution is -2.25. The van der Waals surface area contributed by atoms with E-state index in [1.807, 2.05) is 24.3 Å². The van der Waals surface area contributed by atoms with Crippen LogP contribution in [0.4, 0.5) is 0 Å². The number of aromatic amines is 2. The summed E-state index contributed by atoms with van der Waals surface area (Å²) in [6.07, 6.45) is 1.48. The van der Waals surface area contributed by atoms with Gasteiger partial charge in [0.15, 0.2) is 5.43 Å². The molecule has 8 heteroatoms. The SMILES string of the molecule is COc1ccc(Cc2[nH][nH]c(=O)c2[C@H](CC(N)=O)c2coc3ccccc3c2=O)cc1. The summed E-state index contributed by atoms with van der Waals surface area (Å²) in [4.78, 5) is 37.7. The number of para-hydroxylation sites is 1. The number of carbonyl (C=O) groups excluding carboxylic acids is 1. The first kappa shape index (κ1) is 20.2. The van der Waals surface area contributed by atoms with Crippen molar-refractivity contribution in [3.8, 4) is 5.75 Å². The molecule has 0 aliphatic rings. The number of hydrogen-bond acceptors (Lipinski definition) is 5. The van der Waals surface area contributed by atoms with E-state index in [4.69, 9.17) is 14.9 Å². The number of nitrogens with two attached hydrogens (primary N) is 1. The largest absolute Gasteiger partial charge is 0.497 e. The molecule has 2 aromatic carbocycles. The van der Waals surface area contributed by atoms with Gasteiger partial charge in [-0.1, -0.05) is 24.3 Å². The number of H-pyrrole nitrogens is 2. The third-order valence-electron chi connectivity index (χ3n) is 5.27. The zero-order valence-electron chi connectivity index (χ0n) is 16.8. The number of carbonyl (C=O) groups is 1. The normalized spacial score (nSPS) is 12.0. The number of ether oxygens (including phenoxy) is 1. The number of fused-ring (bicyclic) bond motifs is 1. The summed E-state index contributed by atoms with van der Waals surface area (Å²) in [6, 6.07) is 14.2. The van der Waals surface area contributed by atoms with Crippen molar-refractivity contribution in [2.24, 2.45) is 5.73 Å². The second-order valence-corrected chi connectivity index (χ2v) is 7.24. The summed E-state index contributed by atoms with van der Waals surface area (Å²) in [5.74, 6) is -0.762. The standard InChI is InChI=1S/C23H21N3O5/c1-30-14-8-6-13(7-9-14)10-18-21(23(29)26-25-18)16(11-20(24)27)17-12-31-19-5-3-2-4-15(19)22(17)28/h2-9,12,16H,10-11H2,1H3,(H2,24,27)(H2,25,26,29)/t16-/m1/s1. The molecule has 4 N–H and O–H groups in total. The van der Waals surface area contributed by atoms with Crippen LogP contribution < -0.4 is 21.5 Å². The Morgan fingerprint density at radius 1 is 1.10 bits per heavy atom. The summed E-state index contributed by atoms with van der Waals surface area (Å²) in [7, 11) is 1.58. The zero-order valence-corrected chi connectivity index (χ0v) is 16.8. The lowest BCUT2D eigenvalue weighted by Gasteiger charge is -2.15. The van der Waals surface area contributed by atoms with E-state index in [9.17, 15) is 14.4 Å².